The van der Waals surface area contributed by atoms with Crippen LogP contribution in [-0.4, -0.2) is 41.7 Å². The van der Waals surface area contributed by atoms with Crippen LogP contribution in [0.25, 0.3) is 0 Å². The maximum atomic E-state index is 12.5. The lowest BCUT2D eigenvalue weighted by atomic mass is 9.43. The summed E-state index contributed by atoms with van der Waals surface area (Å²) in [6, 6.07) is 7.56. The molecule has 6 heteroatoms. The molecule has 4 aliphatic carbocycles. The first-order valence-electron chi connectivity index (χ1n) is 15.0. The molecule has 0 aliphatic heterocycles. The van der Waals surface area contributed by atoms with Crippen molar-refractivity contribution in [2.24, 2.45) is 51.4 Å². The van der Waals surface area contributed by atoms with Gasteiger partial charge in [-0.3, -0.25) is 4.79 Å². The molecule has 4 saturated carbocycles. The number of ether oxygens (including phenoxy) is 1. The number of fused-ring (bicyclic) bond motifs is 5. The van der Waals surface area contributed by atoms with Crippen LogP contribution < -0.4 is 10.2 Å². The second kappa shape index (κ2) is 10.9. The van der Waals surface area contributed by atoms with E-state index in [4.69, 9.17) is 4.74 Å². The first kappa shape index (κ1) is 27.6. The summed E-state index contributed by atoms with van der Waals surface area (Å²) in [5.41, 5.74) is 4.11. The average Bonchev–Trinajstić information content (AvgIpc) is 3.26. The number of aliphatic hydroxyl groups is 2. The number of benzene rings is 1. The van der Waals surface area contributed by atoms with E-state index in [0.717, 1.165) is 43.4 Å². The topological polar surface area (TPSA) is 91.2 Å². The number of amides is 1. The van der Waals surface area contributed by atoms with Crippen molar-refractivity contribution in [3.05, 3.63) is 29.8 Å². The third kappa shape index (κ3) is 5.03. The maximum absolute atomic E-state index is 12.5. The van der Waals surface area contributed by atoms with E-state index in [1.54, 1.807) is 13.3 Å². The van der Waals surface area contributed by atoms with E-state index in [9.17, 15) is 15.0 Å². The fourth-order valence-corrected chi connectivity index (χ4v) is 9.66. The highest BCUT2D eigenvalue weighted by Gasteiger charge is 2.62. The van der Waals surface area contributed by atoms with Crippen LogP contribution in [0.1, 0.15) is 90.5 Å². The molecule has 0 radical (unpaired) electrons. The minimum Gasteiger partial charge on any atom is -0.497 e. The number of carbonyl (C=O) groups excluding carboxylic acids is 1. The van der Waals surface area contributed by atoms with Crippen LogP contribution >= 0.6 is 0 Å². The fraction of sp³-hybridized carbons (Fsp3) is 0.750. The van der Waals surface area contributed by atoms with Crippen molar-refractivity contribution in [2.45, 2.75) is 97.2 Å². The van der Waals surface area contributed by atoms with Crippen molar-refractivity contribution in [1.82, 2.24) is 5.43 Å². The minimum absolute atomic E-state index is 0.0359. The Balaban J connectivity index is 1.17. The first-order valence-corrected chi connectivity index (χ1v) is 15.0. The largest absolute Gasteiger partial charge is 0.497 e. The number of nitrogens with one attached hydrogen (secondary N) is 1. The van der Waals surface area contributed by atoms with Crippen LogP contribution in [0.5, 0.6) is 5.75 Å². The lowest BCUT2D eigenvalue weighted by molar-refractivity contribution is -0.174. The van der Waals surface area contributed by atoms with Crippen LogP contribution in [0.3, 0.4) is 0 Å². The van der Waals surface area contributed by atoms with Gasteiger partial charge in [-0.1, -0.05) is 20.8 Å². The van der Waals surface area contributed by atoms with Gasteiger partial charge in [-0.15, -0.1) is 0 Å². The Bertz CT molecular complexity index is 1010. The summed E-state index contributed by atoms with van der Waals surface area (Å²) in [5, 5.41) is 25.9. The zero-order valence-electron chi connectivity index (χ0n) is 23.7. The number of rotatable bonds is 7. The smallest absolute Gasteiger partial charge is 0.240 e. The van der Waals surface area contributed by atoms with Gasteiger partial charge in [-0.05, 0) is 134 Å². The zero-order chi connectivity index (χ0) is 27.1. The lowest BCUT2D eigenvalue weighted by Crippen LogP contribution is -2.58. The second-order valence-electron chi connectivity index (χ2n) is 13.5. The van der Waals surface area contributed by atoms with E-state index < -0.39 is 0 Å². The molecule has 1 aromatic carbocycles. The van der Waals surface area contributed by atoms with Crippen LogP contribution in [0.15, 0.2) is 29.4 Å². The summed E-state index contributed by atoms with van der Waals surface area (Å²) in [7, 11) is 1.64. The van der Waals surface area contributed by atoms with Crippen molar-refractivity contribution in [3.8, 4) is 5.75 Å². The van der Waals surface area contributed by atoms with Crippen molar-refractivity contribution >= 4 is 12.1 Å². The summed E-state index contributed by atoms with van der Waals surface area (Å²) in [6.45, 7) is 7.29. The summed E-state index contributed by atoms with van der Waals surface area (Å²) >= 11 is 0. The number of hydrogen-bond acceptors (Lipinski definition) is 5. The molecule has 0 unspecified atom stereocenters. The maximum Gasteiger partial charge on any atom is 0.240 e. The Morgan fingerprint density at radius 1 is 1.08 bits per heavy atom. The van der Waals surface area contributed by atoms with Crippen LogP contribution in [0.4, 0.5) is 0 Å². The number of nitrogens with zero attached hydrogens (tertiary/aromatic N) is 1. The highest BCUT2D eigenvalue weighted by atomic mass is 16.5. The second-order valence-corrected chi connectivity index (χ2v) is 13.5. The lowest BCUT2D eigenvalue weighted by Gasteiger charge is -2.62. The Morgan fingerprint density at radius 2 is 1.79 bits per heavy atom. The van der Waals surface area contributed by atoms with Gasteiger partial charge < -0.3 is 14.9 Å². The molecule has 3 N–H and O–H groups in total. The summed E-state index contributed by atoms with van der Waals surface area (Å²) in [6.07, 6.45) is 11.2. The van der Waals surface area contributed by atoms with Crippen molar-refractivity contribution in [3.63, 3.8) is 0 Å². The molecule has 38 heavy (non-hydrogen) atoms. The molecule has 210 valence electrons. The summed E-state index contributed by atoms with van der Waals surface area (Å²) in [5.74, 6) is 3.79. The van der Waals surface area contributed by atoms with Gasteiger partial charge in [0, 0.05) is 6.42 Å². The van der Waals surface area contributed by atoms with Gasteiger partial charge in [0.15, 0.2) is 0 Å². The van der Waals surface area contributed by atoms with Gasteiger partial charge in [0.05, 0.1) is 25.5 Å². The highest BCUT2D eigenvalue weighted by Crippen LogP contribution is 2.68. The molecule has 0 bridgehead atoms. The molecular weight excluding hydrogens is 476 g/mol. The SMILES string of the molecule is COc1ccc(/C=N\NC(=O)CC[C@@H](C)[C@H]2CC[C@H]3[C@@H]4[C@H](O)C[C@H]5C[C@@H](O)CC[C@]5(C)[C@H]4CC[C@]23C)cc1. The third-order valence-electron chi connectivity index (χ3n) is 11.8. The molecule has 0 aromatic heterocycles. The van der Waals surface area contributed by atoms with E-state index >= 15 is 0 Å². The van der Waals surface area contributed by atoms with E-state index in [1.807, 2.05) is 24.3 Å². The number of carbonyl (C=O) groups is 1. The van der Waals surface area contributed by atoms with Gasteiger partial charge in [0.2, 0.25) is 5.91 Å². The van der Waals surface area contributed by atoms with E-state index in [-0.39, 0.29) is 28.9 Å². The average molecular weight is 525 g/mol. The highest BCUT2D eigenvalue weighted by molar-refractivity contribution is 5.82. The van der Waals surface area contributed by atoms with Crippen LogP contribution in [0, 0.1) is 46.3 Å². The molecule has 4 fully saturated rings. The minimum atomic E-state index is -0.239. The van der Waals surface area contributed by atoms with E-state index in [0.29, 0.717) is 41.9 Å². The van der Waals surface area contributed by atoms with Crippen molar-refractivity contribution in [1.29, 1.82) is 0 Å². The summed E-state index contributed by atoms with van der Waals surface area (Å²) in [4.78, 5) is 12.5. The molecule has 0 heterocycles. The summed E-state index contributed by atoms with van der Waals surface area (Å²) < 4.78 is 5.17. The van der Waals surface area contributed by atoms with Crippen molar-refractivity contribution < 1.29 is 19.7 Å². The molecule has 6 nitrogen and oxygen atoms in total. The Hall–Kier alpha value is -1.92. The number of aliphatic hydroxyl groups excluding tert-OH is 2. The zero-order valence-corrected chi connectivity index (χ0v) is 23.7. The fourth-order valence-electron chi connectivity index (χ4n) is 9.66. The van der Waals surface area contributed by atoms with Gasteiger partial charge in [0.1, 0.15) is 5.75 Å². The Morgan fingerprint density at radius 3 is 2.53 bits per heavy atom. The van der Waals surface area contributed by atoms with E-state index in [2.05, 4.69) is 31.3 Å². The molecule has 1 aromatic rings. The monoisotopic (exact) mass is 524 g/mol. The molecule has 0 saturated heterocycles. The Labute approximate surface area is 228 Å². The van der Waals surface area contributed by atoms with Gasteiger partial charge in [-0.2, -0.15) is 5.10 Å². The van der Waals surface area contributed by atoms with Gasteiger partial charge in [0.25, 0.3) is 0 Å². The number of methoxy groups -OCH3 is 1. The molecule has 0 spiro atoms. The molecular formula is C32H48N2O4. The molecule has 5 rings (SSSR count). The molecule has 4 aliphatic rings. The van der Waals surface area contributed by atoms with Crippen LogP contribution in [-0.2, 0) is 4.79 Å². The van der Waals surface area contributed by atoms with E-state index in [1.165, 1.54) is 25.7 Å². The van der Waals surface area contributed by atoms with Crippen LogP contribution in [0.2, 0.25) is 0 Å². The quantitative estimate of drug-likeness (QED) is 0.322. The normalized spacial score (nSPS) is 41.2. The molecule has 1 amide bonds. The molecule has 10 atom stereocenters. The first-order chi connectivity index (χ1) is 18.2. The van der Waals surface area contributed by atoms with Gasteiger partial charge >= 0.3 is 0 Å². The number of hydrazone groups is 1. The third-order valence-corrected chi connectivity index (χ3v) is 11.8. The predicted molar refractivity (Wildman–Crippen MR) is 150 cm³/mol. The Kier molecular flexibility index (Phi) is 7.94. The predicted octanol–water partition coefficient (Wildman–Crippen LogP) is 5.55. The number of hydrogen-bond donors (Lipinski definition) is 3. The van der Waals surface area contributed by atoms with Crippen molar-refractivity contribution in [2.75, 3.05) is 7.11 Å². The standard InChI is InChI=1S/C32H48N2O4/c1-20(5-12-29(37)34-33-19-21-6-8-24(38-4)9-7-21)25-10-11-26-30-27(14-16-32(25,26)3)31(2)15-13-23(35)17-22(31)18-28(30)36/h6-9,19-20,22-23,25-28,30,35-36H,5,10-18H2,1-4H3,(H,34,37)/b33-19-/t20-,22-,23+,25-,26+,27+,28-,30+,31+,32-/m1/s1. The van der Waals surface area contributed by atoms with Gasteiger partial charge in [-0.25, -0.2) is 5.43 Å².